The van der Waals surface area contributed by atoms with E-state index >= 15 is 0 Å². The molecule has 3 heteroatoms. The molecule has 0 aliphatic heterocycles. The third-order valence-corrected chi connectivity index (χ3v) is 3.64. The molecule has 0 amide bonds. The predicted octanol–water partition coefficient (Wildman–Crippen LogP) is 2.63. The molecule has 3 rings (SSSR count). The van der Waals surface area contributed by atoms with E-state index in [0.717, 1.165) is 24.8 Å². The number of para-hydroxylation sites is 1. The number of benzene rings is 1. The summed E-state index contributed by atoms with van der Waals surface area (Å²) in [4.78, 5) is 4.36. The van der Waals surface area contributed by atoms with E-state index in [1.165, 1.54) is 10.9 Å². The van der Waals surface area contributed by atoms with E-state index in [4.69, 9.17) is 10.5 Å². The number of ether oxygens (including phenoxy) is 1. The average molecular weight is 242 g/mol. The number of rotatable bonds is 3. The monoisotopic (exact) mass is 242 g/mol. The van der Waals surface area contributed by atoms with Crippen molar-refractivity contribution in [3.8, 4) is 0 Å². The van der Waals surface area contributed by atoms with Crippen molar-refractivity contribution in [3.05, 3.63) is 42.1 Å². The van der Waals surface area contributed by atoms with Crippen molar-refractivity contribution < 1.29 is 4.74 Å². The summed E-state index contributed by atoms with van der Waals surface area (Å²) in [6, 6.07) is 10.5. The van der Waals surface area contributed by atoms with Crippen LogP contribution in [0.5, 0.6) is 0 Å². The molecule has 1 aromatic carbocycles. The van der Waals surface area contributed by atoms with Gasteiger partial charge in [-0.05, 0) is 37.0 Å². The maximum absolute atomic E-state index is 5.96. The van der Waals surface area contributed by atoms with Gasteiger partial charge in [0.05, 0.1) is 18.2 Å². The van der Waals surface area contributed by atoms with Crippen molar-refractivity contribution in [1.82, 2.24) is 4.98 Å². The molecule has 3 nitrogen and oxygen atoms in total. The first-order chi connectivity index (χ1) is 8.83. The van der Waals surface area contributed by atoms with Crippen LogP contribution in [0.2, 0.25) is 0 Å². The Hall–Kier alpha value is -1.45. The van der Waals surface area contributed by atoms with Gasteiger partial charge >= 0.3 is 0 Å². The molecule has 0 bridgehead atoms. The van der Waals surface area contributed by atoms with Gasteiger partial charge in [0.2, 0.25) is 0 Å². The van der Waals surface area contributed by atoms with Crippen molar-refractivity contribution in [2.45, 2.75) is 38.0 Å². The number of pyridine rings is 1. The Morgan fingerprint density at radius 2 is 2.11 bits per heavy atom. The Morgan fingerprint density at radius 3 is 2.94 bits per heavy atom. The van der Waals surface area contributed by atoms with Gasteiger partial charge < -0.3 is 10.5 Å². The fourth-order valence-electron chi connectivity index (χ4n) is 2.61. The molecule has 18 heavy (non-hydrogen) atoms. The summed E-state index contributed by atoms with van der Waals surface area (Å²) in [5, 5.41) is 1.18. The quantitative estimate of drug-likeness (QED) is 0.900. The number of nitrogens with two attached hydrogens (primary N) is 1. The van der Waals surface area contributed by atoms with E-state index in [1.807, 2.05) is 30.5 Å². The molecule has 1 saturated carbocycles. The molecule has 0 spiro atoms. The van der Waals surface area contributed by atoms with Crippen LogP contribution in [0.4, 0.5) is 0 Å². The van der Waals surface area contributed by atoms with Gasteiger partial charge in [-0.1, -0.05) is 18.2 Å². The molecule has 2 unspecified atom stereocenters. The van der Waals surface area contributed by atoms with E-state index in [9.17, 15) is 0 Å². The van der Waals surface area contributed by atoms with E-state index < -0.39 is 0 Å². The highest BCUT2D eigenvalue weighted by Gasteiger charge is 2.22. The molecule has 94 valence electrons. The minimum absolute atomic E-state index is 0.323. The molecular weight excluding hydrogens is 224 g/mol. The van der Waals surface area contributed by atoms with Crippen LogP contribution in [-0.2, 0) is 11.3 Å². The fraction of sp³-hybridized carbons (Fsp3) is 0.400. The second-order valence-electron chi connectivity index (χ2n) is 4.99. The van der Waals surface area contributed by atoms with Crippen LogP contribution in [0.3, 0.4) is 0 Å². The Morgan fingerprint density at radius 1 is 1.22 bits per heavy atom. The first kappa shape index (κ1) is 11.6. The first-order valence-electron chi connectivity index (χ1n) is 6.53. The minimum Gasteiger partial charge on any atom is -0.373 e. The zero-order chi connectivity index (χ0) is 12.4. The van der Waals surface area contributed by atoms with Crippen LogP contribution in [0, 0.1) is 0 Å². The number of hydrogen-bond acceptors (Lipinski definition) is 3. The highest BCUT2D eigenvalue weighted by Crippen LogP contribution is 2.23. The second-order valence-corrected chi connectivity index (χ2v) is 4.99. The highest BCUT2D eigenvalue weighted by molar-refractivity contribution is 5.81. The Kier molecular flexibility index (Phi) is 3.26. The molecule has 1 aromatic heterocycles. The third-order valence-electron chi connectivity index (χ3n) is 3.64. The summed E-state index contributed by atoms with van der Waals surface area (Å²) in [6.07, 6.45) is 5.34. The molecule has 1 aliphatic rings. The molecule has 0 saturated heterocycles. The van der Waals surface area contributed by atoms with E-state index in [1.54, 1.807) is 0 Å². The summed E-state index contributed by atoms with van der Waals surface area (Å²) in [5.41, 5.74) is 8.13. The maximum atomic E-state index is 5.96. The third kappa shape index (κ3) is 2.37. The summed E-state index contributed by atoms with van der Waals surface area (Å²) in [5.74, 6) is 0. The predicted molar refractivity (Wildman–Crippen MR) is 72.1 cm³/mol. The summed E-state index contributed by atoms with van der Waals surface area (Å²) in [6.45, 7) is 0.653. The number of fused-ring (bicyclic) bond motifs is 1. The standard InChI is InChI=1S/C15H18N2O/c16-12-5-6-13(9-12)18-10-11-7-8-17-15-4-2-1-3-14(11)15/h1-4,7-8,12-13H,5-6,9-10,16H2. The molecule has 1 heterocycles. The van der Waals surface area contributed by atoms with Crippen molar-refractivity contribution in [2.75, 3.05) is 0 Å². The summed E-state index contributed by atoms with van der Waals surface area (Å²) in [7, 11) is 0. The molecule has 1 fully saturated rings. The molecule has 2 atom stereocenters. The lowest BCUT2D eigenvalue weighted by Gasteiger charge is -2.12. The molecule has 2 N–H and O–H groups in total. The van der Waals surface area contributed by atoms with Gasteiger partial charge in [0.25, 0.3) is 0 Å². The van der Waals surface area contributed by atoms with Crippen molar-refractivity contribution in [1.29, 1.82) is 0 Å². The Labute approximate surface area is 107 Å². The highest BCUT2D eigenvalue weighted by atomic mass is 16.5. The Balaban J connectivity index is 1.74. The normalized spacial score (nSPS) is 23.6. The van der Waals surface area contributed by atoms with Crippen LogP contribution < -0.4 is 5.73 Å². The number of aromatic nitrogens is 1. The lowest BCUT2D eigenvalue weighted by molar-refractivity contribution is 0.0455. The minimum atomic E-state index is 0.323. The topological polar surface area (TPSA) is 48.1 Å². The summed E-state index contributed by atoms with van der Waals surface area (Å²) < 4.78 is 5.96. The average Bonchev–Trinajstić information content (AvgIpc) is 2.82. The second kappa shape index (κ2) is 5.04. The van der Waals surface area contributed by atoms with E-state index in [-0.39, 0.29) is 0 Å². The molecule has 0 radical (unpaired) electrons. The SMILES string of the molecule is NC1CCC(OCc2ccnc3ccccc23)C1. The van der Waals surface area contributed by atoms with Gasteiger partial charge in [-0.15, -0.1) is 0 Å². The van der Waals surface area contributed by atoms with Gasteiger partial charge in [-0.25, -0.2) is 0 Å². The first-order valence-corrected chi connectivity index (χ1v) is 6.53. The lowest BCUT2D eigenvalue weighted by Crippen LogP contribution is -2.17. The molecule has 1 aliphatic carbocycles. The largest absolute Gasteiger partial charge is 0.373 e. The van der Waals surface area contributed by atoms with Crippen molar-refractivity contribution >= 4 is 10.9 Å². The van der Waals surface area contributed by atoms with Gasteiger partial charge in [-0.2, -0.15) is 0 Å². The summed E-state index contributed by atoms with van der Waals surface area (Å²) >= 11 is 0. The van der Waals surface area contributed by atoms with E-state index in [0.29, 0.717) is 18.8 Å². The zero-order valence-corrected chi connectivity index (χ0v) is 10.4. The molecule has 2 aromatic rings. The van der Waals surface area contributed by atoms with E-state index in [2.05, 4.69) is 11.1 Å². The van der Waals surface area contributed by atoms with Gasteiger partial charge in [0, 0.05) is 17.6 Å². The van der Waals surface area contributed by atoms with Gasteiger partial charge in [0.15, 0.2) is 0 Å². The Bertz CT molecular complexity index is 536. The zero-order valence-electron chi connectivity index (χ0n) is 10.4. The van der Waals surface area contributed by atoms with Gasteiger partial charge in [0.1, 0.15) is 0 Å². The van der Waals surface area contributed by atoms with Crippen LogP contribution in [0.1, 0.15) is 24.8 Å². The molecular formula is C15H18N2O. The van der Waals surface area contributed by atoms with Crippen LogP contribution in [-0.4, -0.2) is 17.1 Å². The van der Waals surface area contributed by atoms with Crippen molar-refractivity contribution in [2.24, 2.45) is 5.73 Å². The van der Waals surface area contributed by atoms with Crippen LogP contribution >= 0.6 is 0 Å². The fourth-order valence-corrected chi connectivity index (χ4v) is 2.61. The van der Waals surface area contributed by atoms with Crippen LogP contribution in [0.25, 0.3) is 10.9 Å². The lowest BCUT2D eigenvalue weighted by atomic mass is 10.1. The van der Waals surface area contributed by atoms with Crippen molar-refractivity contribution in [3.63, 3.8) is 0 Å². The number of hydrogen-bond donors (Lipinski definition) is 1. The van der Waals surface area contributed by atoms with Crippen LogP contribution in [0.15, 0.2) is 36.5 Å². The smallest absolute Gasteiger partial charge is 0.0727 e. The maximum Gasteiger partial charge on any atom is 0.0727 e. The van der Waals surface area contributed by atoms with Gasteiger partial charge in [-0.3, -0.25) is 4.98 Å². The number of nitrogens with zero attached hydrogens (tertiary/aromatic N) is 1.